The summed E-state index contributed by atoms with van der Waals surface area (Å²) in [5, 5.41) is 14.9. The van der Waals surface area contributed by atoms with E-state index in [1.54, 1.807) is 11.0 Å². The number of aryl methyl sites for hydroxylation is 1. The van der Waals surface area contributed by atoms with Crippen LogP contribution < -0.4 is 5.32 Å². The van der Waals surface area contributed by atoms with Crippen molar-refractivity contribution in [2.45, 2.75) is 39.2 Å². The van der Waals surface area contributed by atoms with Gasteiger partial charge < -0.3 is 5.32 Å². The lowest BCUT2D eigenvalue weighted by atomic mass is 10.1. The molecule has 5 nitrogen and oxygen atoms in total. The molecule has 19 heavy (non-hydrogen) atoms. The summed E-state index contributed by atoms with van der Waals surface area (Å²) in [4.78, 5) is 0. The highest BCUT2D eigenvalue weighted by atomic mass is 15.5. The van der Waals surface area contributed by atoms with Gasteiger partial charge in [0, 0.05) is 11.7 Å². The van der Waals surface area contributed by atoms with E-state index in [2.05, 4.69) is 46.8 Å². The van der Waals surface area contributed by atoms with Crippen LogP contribution in [0.2, 0.25) is 0 Å². The van der Waals surface area contributed by atoms with E-state index in [1.807, 2.05) is 6.07 Å². The average Bonchev–Trinajstić information content (AvgIpc) is 3.03. The highest BCUT2D eigenvalue weighted by molar-refractivity contribution is 5.56. The van der Waals surface area contributed by atoms with E-state index in [0.717, 1.165) is 11.6 Å². The molecule has 1 heterocycles. The fourth-order valence-electron chi connectivity index (χ4n) is 2.37. The van der Waals surface area contributed by atoms with Gasteiger partial charge in [-0.25, -0.2) is 4.68 Å². The van der Waals surface area contributed by atoms with Gasteiger partial charge in [-0.1, -0.05) is 18.9 Å². The van der Waals surface area contributed by atoms with E-state index in [1.165, 1.54) is 30.5 Å². The van der Waals surface area contributed by atoms with E-state index < -0.39 is 0 Å². The van der Waals surface area contributed by atoms with Gasteiger partial charge in [0.2, 0.25) is 0 Å². The van der Waals surface area contributed by atoms with E-state index in [9.17, 15) is 0 Å². The Morgan fingerprint density at radius 2 is 2.26 bits per heavy atom. The van der Waals surface area contributed by atoms with Crippen molar-refractivity contribution in [3.8, 4) is 5.69 Å². The fourth-order valence-corrected chi connectivity index (χ4v) is 2.37. The van der Waals surface area contributed by atoms with Crippen molar-refractivity contribution in [1.82, 2.24) is 20.2 Å². The molecular formula is C14H19N5. The summed E-state index contributed by atoms with van der Waals surface area (Å²) in [5.74, 6) is 0.936. The zero-order chi connectivity index (χ0) is 13.2. The molecule has 0 amide bonds. The zero-order valence-electron chi connectivity index (χ0n) is 11.4. The van der Waals surface area contributed by atoms with Crippen LogP contribution in [0.5, 0.6) is 0 Å². The quantitative estimate of drug-likeness (QED) is 0.894. The average molecular weight is 257 g/mol. The second-order valence-corrected chi connectivity index (χ2v) is 5.48. The van der Waals surface area contributed by atoms with E-state index in [4.69, 9.17) is 0 Å². The molecule has 0 radical (unpaired) electrons. The van der Waals surface area contributed by atoms with Gasteiger partial charge in [0.05, 0.1) is 5.69 Å². The van der Waals surface area contributed by atoms with E-state index in [-0.39, 0.29) is 0 Å². The topological polar surface area (TPSA) is 55.6 Å². The molecule has 100 valence electrons. The fraction of sp³-hybridized carbons (Fsp3) is 0.500. The molecule has 3 rings (SSSR count). The Balaban J connectivity index is 1.77. The lowest BCUT2D eigenvalue weighted by Gasteiger charge is -2.17. The predicted octanol–water partition coefficient (Wildman–Crippen LogP) is 2.57. The third-order valence-electron chi connectivity index (χ3n) is 3.62. The molecule has 0 bridgehead atoms. The first kappa shape index (κ1) is 12.1. The molecule has 1 aliphatic rings. The molecular weight excluding hydrogens is 238 g/mol. The van der Waals surface area contributed by atoms with Gasteiger partial charge in [-0.05, 0) is 54.3 Å². The summed E-state index contributed by atoms with van der Waals surface area (Å²) < 4.78 is 1.68. The first-order chi connectivity index (χ1) is 9.22. The number of anilines is 1. The monoisotopic (exact) mass is 257 g/mol. The van der Waals surface area contributed by atoms with Crippen molar-refractivity contribution >= 4 is 5.69 Å². The van der Waals surface area contributed by atoms with Crippen LogP contribution in [0, 0.1) is 12.8 Å². The molecule has 5 heteroatoms. The molecule has 0 spiro atoms. The van der Waals surface area contributed by atoms with Crippen molar-refractivity contribution in [1.29, 1.82) is 0 Å². The second-order valence-electron chi connectivity index (χ2n) is 5.48. The highest BCUT2D eigenvalue weighted by Gasteiger charge is 2.23. The Bertz CT molecular complexity index is 545. The van der Waals surface area contributed by atoms with Crippen LogP contribution in [-0.4, -0.2) is 26.2 Å². The Morgan fingerprint density at radius 3 is 2.95 bits per heavy atom. The standard InChI is InChI=1S/C14H19N5/c1-10-3-6-13(19-9-15-17-18-19)8-14(10)16-11(2)7-12-4-5-12/h3,6,8-9,11-12,16H,4-5,7H2,1-2H3. The van der Waals surface area contributed by atoms with Crippen LogP contribution in [0.1, 0.15) is 31.7 Å². The minimum atomic E-state index is 0.510. The van der Waals surface area contributed by atoms with Gasteiger partial charge in [0.1, 0.15) is 6.33 Å². The maximum atomic E-state index is 3.92. The van der Waals surface area contributed by atoms with Crippen LogP contribution in [0.25, 0.3) is 5.69 Å². The normalized spacial score (nSPS) is 16.3. The first-order valence-corrected chi connectivity index (χ1v) is 6.83. The lowest BCUT2D eigenvalue weighted by Crippen LogP contribution is -2.16. The summed E-state index contributed by atoms with van der Waals surface area (Å²) in [6.45, 7) is 4.37. The Hall–Kier alpha value is -1.91. The molecule has 1 unspecified atom stereocenters. The number of hydrogen-bond acceptors (Lipinski definition) is 4. The van der Waals surface area contributed by atoms with Crippen molar-refractivity contribution in [3.05, 3.63) is 30.1 Å². The Morgan fingerprint density at radius 1 is 1.42 bits per heavy atom. The minimum Gasteiger partial charge on any atom is -0.382 e. The number of rotatable bonds is 5. The van der Waals surface area contributed by atoms with Crippen molar-refractivity contribution in [2.24, 2.45) is 5.92 Å². The maximum Gasteiger partial charge on any atom is 0.143 e. The number of nitrogens with zero attached hydrogens (tertiary/aromatic N) is 4. The van der Waals surface area contributed by atoms with Crippen LogP contribution >= 0.6 is 0 Å². The number of nitrogens with one attached hydrogen (secondary N) is 1. The predicted molar refractivity (Wildman–Crippen MR) is 74.3 cm³/mol. The third kappa shape index (κ3) is 2.92. The first-order valence-electron chi connectivity index (χ1n) is 6.83. The molecule has 1 atom stereocenters. The largest absolute Gasteiger partial charge is 0.382 e. The number of tetrazole rings is 1. The van der Waals surface area contributed by atoms with Crippen molar-refractivity contribution in [3.63, 3.8) is 0 Å². The maximum absolute atomic E-state index is 3.92. The van der Waals surface area contributed by atoms with Gasteiger partial charge in [0.15, 0.2) is 0 Å². The summed E-state index contributed by atoms with van der Waals surface area (Å²) in [7, 11) is 0. The van der Waals surface area contributed by atoms with Crippen LogP contribution in [-0.2, 0) is 0 Å². The SMILES string of the molecule is Cc1ccc(-n2cnnn2)cc1NC(C)CC1CC1. The minimum absolute atomic E-state index is 0.510. The molecule has 1 saturated carbocycles. The molecule has 0 saturated heterocycles. The summed E-state index contributed by atoms with van der Waals surface area (Å²) in [5.41, 5.74) is 3.40. The zero-order valence-corrected chi connectivity index (χ0v) is 11.4. The molecule has 1 fully saturated rings. The molecule has 0 aliphatic heterocycles. The van der Waals surface area contributed by atoms with Gasteiger partial charge in [-0.3, -0.25) is 0 Å². The Labute approximate surface area is 113 Å². The lowest BCUT2D eigenvalue weighted by molar-refractivity contribution is 0.641. The summed E-state index contributed by atoms with van der Waals surface area (Å²) >= 11 is 0. The molecule has 2 aromatic rings. The number of aromatic nitrogens is 4. The van der Waals surface area contributed by atoms with E-state index in [0.29, 0.717) is 6.04 Å². The van der Waals surface area contributed by atoms with Gasteiger partial charge in [-0.15, -0.1) is 5.10 Å². The number of benzene rings is 1. The summed E-state index contributed by atoms with van der Waals surface area (Å²) in [6, 6.07) is 6.75. The van der Waals surface area contributed by atoms with Crippen molar-refractivity contribution in [2.75, 3.05) is 5.32 Å². The van der Waals surface area contributed by atoms with Crippen LogP contribution in [0.4, 0.5) is 5.69 Å². The van der Waals surface area contributed by atoms with Gasteiger partial charge in [0.25, 0.3) is 0 Å². The van der Waals surface area contributed by atoms with Gasteiger partial charge in [-0.2, -0.15) is 0 Å². The number of hydrogen-bond donors (Lipinski definition) is 1. The van der Waals surface area contributed by atoms with E-state index >= 15 is 0 Å². The molecule has 1 aromatic carbocycles. The van der Waals surface area contributed by atoms with Crippen LogP contribution in [0.3, 0.4) is 0 Å². The summed E-state index contributed by atoms with van der Waals surface area (Å²) in [6.07, 6.45) is 5.67. The smallest absolute Gasteiger partial charge is 0.143 e. The molecule has 1 aliphatic carbocycles. The molecule has 1 N–H and O–H groups in total. The second kappa shape index (κ2) is 4.99. The highest BCUT2D eigenvalue weighted by Crippen LogP contribution is 2.34. The molecule has 1 aromatic heterocycles. The Kier molecular flexibility index (Phi) is 3.19. The third-order valence-corrected chi connectivity index (χ3v) is 3.62. The van der Waals surface area contributed by atoms with Crippen LogP contribution in [0.15, 0.2) is 24.5 Å². The van der Waals surface area contributed by atoms with Gasteiger partial charge >= 0.3 is 0 Å². The van der Waals surface area contributed by atoms with Crippen molar-refractivity contribution < 1.29 is 0 Å².